The van der Waals surface area contributed by atoms with Gasteiger partial charge < -0.3 is 14.8 Å². The monoisotopic (exact) mass is 365 g/mol. The van der Waals surface area contributed by atoms with Crippen LogP contribution in [0.25, 0.3) is 11.1 Å². The fourth-order valence-electron chi connectivity index (χ4n) is 2.82. The third-order valence-electron chi connectivity index (χ3n) is 4.43. The van der Waals surface area contributed by atoms with E-state index in [0.29, 0.717) is 30.3 Å². The summed E-state index contributed by atoms with van der Waals surface area (Å²) in [4.78, 5) is 16.1. The number of nitriles is 1. The van der Waals surface area contributed by atoms with Crippen molar-refractivity contribution in [3.63, 3.8) is 0 Å². The Kier molecular flexibility index (Phi) is 6.05. The van der Waals surface area contributed by atoms with Gasteiger partial charge in [0.15, 0.2) is 0 Å². The van der Waals surface area contributed by atoms with Crippen LogP contribution in [0.2, 0.25) is 0 Å². The number of ether oxygens (including phenoxy) is 2. The van der Waals surface area contributed by atoms with Crippen molar-refractivity contribution in [1.29, 1.82) is 5.26 Å². The Hall–Kier alpha value is -2.91. The molecule has 0 saturated carbocycles. The van der Waals surface area contributed by atoms with Gasteiger partial charge in [0.1, 0.15) is 23.7 Å². The molecule has 1 N–H and O–H groups in total. The number of pyridine rings is 1. The van der Waals surface area contributed by atoms with Crippen LogP contribution in [0.5, 0.6) is 5.75 Å². The minimum Gasteiger partial charge on any atom is -0.489 e. The van der Waals surface area contributed by atoms with Crippen molar-refractivity contribution in [2.75, 3.05) is 18.5 Å². The van der Waals surface area contributed by atoms with Crippen molar-refractivity contribution in [1.82, 2.24) is 4.98 Å². The van der Waals surface area contributed by atoms with Gasteiger partial charge in [0.25, 0.3) is 0 Å². The van der Waals surface area contributed by atoms with Crippen molar-refractivity contribution < 1.29 is 14.3 Å². The summed E-state index contributed by atoms with van der Waals surface area (Å²) in [6, 6.07) is 11.4. The number of hydrogen-bond acceptors (Lipinski definition) is 5. The van der Waals surface area contributed by atoms with Crippen molar-refractivity contribution in [2.45, 2.75) is 32.8 Å². The number of hydrogen-bond donors (Lipinski definition) is 1. The molecule has 0 aliphatic carbocycles. The number of benzene rings is 1. The molecule has 1 aliphatic heterocycles. The summed E-state index contributed by atoms with van der Waals surface area (Å²) in [7, 11) is 0. The molecule has 140 valence electrons. The Labute approximate surface area is 159 Å². The number of nitrogens with zero attached hydrogens (tertiary/aromatic N) is 2. The first-order chi connectivity index (χ1) is 13.1. The lowest BCUT2D eigenvalue weighted by Crippen LogP contribution is -2.26. The first-order valence-corrected chi connectivity index (χ1v) is 9.12. The van der Waals surface area contributed by atoms with Crippen LogP contribution in [-0.4, -0.2) is 30.2 Å². The van der Waals surface area contributed by atoms with E-state index in [1.54, 1.807) is 18.3 Å². The van der Waals surface area contributed by atoms with Gasteiger partial charge in [-0.3, -0.25) is 4.79 Å². The maximum Gasteiger partial charge on any atom is 0.228 e. The van der Waals surface area contributed by atoms with Crippen molar-refractivity contribution in [3.05, 3.63) is 42.1 Å². The second-order valence-corrected chi connectivity index (χ2v) is 6.83. The van der Waals surface area contributed by atoms with Gasteiger partial charge in [-0.05, 0) is 35.4 Å². The Morgan fingerprint density at radius 1 is 1.26 bits per heavy atom. The Morgan fingerprint density at radius 2 is 2.00 bits per heavy atom. The van der Waals surface area contributed by atoms with Crippen LogP contribution in [0, 0.1) is 17.2 Å². The van der Waals surface area contributed by atoms with Gasteiger partial charge in [-0.25, -0.2) is 4.98 Å². The van der Waals surface area contributed by atoms with E-state index in [4.69, 9.17) is 9.47 Å². The normalized spacial score (nSPS) is 14.6. The molecule has 6 nitrogen and oxygen atoms in total. The molecule has 27 heavy (non-hydrogen) atoms. The van der Waals surface area contributed by atoms with Gasteiger partial charge in [0, 0.05) is 25.0 Å². The van der Waals surface area contributed by atoms with Crippen molar-refractivity contribution in [3.8, 4) is 22.9 Å². The highest BCUT2D eigenvalue weighted by molar-refractivity contribution is 5.91. The minimum absolute atomic E-state index is 0.0791. The van der Waals surface area contributed by atoms with E-state index in [2.05, 4.69) is 16.4 Å². The molecule has 0 unspecified atom stereocenters. The summed E-state index contributed by atoms with van der Waals surface area (Å²) < 4.78 is 11.3. The Bertz CT molecular complexity index is 852. The predicted molar refractivity (Wildman–Crippen MR) is 102 cm³/mol. The molecule has 0 bridgehead atoms. The van der Waals surface area contributed by atoms with E-state index in [1.807, 2.05) is 32.0 Å². The molecular formula is C21H23N3O3. The summed E-state index contributed by atoms with van der Waals surface area (Å²) in [5, 5.41) is 12.3. The third kappa shape index (κ3) is 4.83. The number of carbonyl (C=O) groups is 1. The van der Waals surface area contributed by atoms with Gasteiger partial charge in [-0.1, -0.05) is 19.9 Å². The minimum atomic E-state index is -0.123. The quantitative estimate of drug-likeness (QED) is 0.872. The Balaban J connectivity index is 1.81. The standard InChI is InChI=1S/C21H23N3O3/c1-14(2)21(25)24-20-12-16(5-8-23-20)15-3-4-19(17(11-15)13-22)27-18-6-9-26-10-7-18/h3-5,8,11-12,14,18H,6-7,9-10H2,1-2H3,(H,23,24,25). The lowest BCUT2D eigenvalue weighted by molar-refractivity contribution is -0.118. The Morgan fingerprint density at radius 3 is 2.70 bits per heavy atom. The summed E-state index contributed by atoms with van der Waals surface area (Å²) in [6.45, 7) is 5.03. The van der Waals surface area contributed by atoms with Crippen molar-refractivity contribution >= 4 is 11.7 Å². The lowest BCUT2D eigenvalue weighted by Gasteiger charge is -2.23. The molecule has 6 heteroatoms. The van der Waals surface area contributed by atoms with Crippen LogP contribution in [0.1, 0.15) is 32.3 Å². The lowest BCUT2D eigenvalue weighted by atomic mass is 10.0. The third-order valence-corrected chi connectivity index (χ3v) is 4.43. The smallest absolute Gasteiger partial charge is 0.228 e. The van der Waals surface area contributed by atoms with Gasteiger partial charge in [0.05, 0.1) is 18.8 Å². The maximum atomic E-state index is 11.9. The zero-order chi connectivity index (χ0) is 19.2. The fourth-order valence-corrected chi connectivity index (χ4v) is 2.82. The van der Waals surface area contributed by atoms with Crippen molar-refractivity contribution in [2.24, 2.45) is 5.92 Å². The van der Waals surface area contributed by atoms with E-state index in [1.165, 1.54) is 0 Å². The van der Waals surface area contributed by atoms with Crippen LogP contribution >= 0.6 is 0 Å². The average molecular weight is 365 g/mol. The molecule has 1 saturated heterocycles. The first kappa shape index (κ1) is 18.9. The van der Waals surface area contributed by atoms with Gasteiger partial charge in [-0.15, -0.1) is 0 Å². The summed E-state index contributed by atoms with van der Waals surface area (Å²) in [6.07, 6.45) is 3.38. The van der Waals surface area contributed by atoms with Crippen LogP contribution in [-0.2, 0) is 9.53 Å². The number of nitrogens with one attached hydrogen (secondary N) is 1. The topological polar surface area (TPSA) is 84.2 Å². The molecule has 2 heterocycles. The van der Waals surface area contributed by atoms with E-state index in [0.717, 1.165) is 24.0 Å². The van der Waals surface area contributed by atoms with Gasteiger partial charge >= 0.3 is 0 Å². The zero-order valence-electron chi connectivity index (χ0n) is 15.6. The molecule has 0 radical (unpaired) electrons. The van der Waals surface area contributed by atoms with E-state index < -0.39 is 0 Å². The van der Waals surface area contributed by atoms with E-state index >= 15 is 0 Å². The summed E-state index contributed by atoms with van der Waals surface area (Å²) >= 11 is 0. The van der Waals surface area contributed by atoms with E-state index in [-0.39, 0.29) is 17.9 Å². The average Bonchev–Trinajstić information content (AvgIpc) is 2.69. The molecule has 2 aromatic rings. The molecule has 1 aromatic carbocycles. The van der Waals surface area contributed by atoms with E-state index in [9.17, 15) is 10.1 Å². The molecule has 1 amide bonds. The number of anilines is 1. The van der Waals surface area contributed by atoms with Gasteiger partial charge in [0.2, 0.25) is 5.91 Å². The summed E-state index contributed by atoms with van der Waals surface area (Å²) in [5.41, 5.74) is 2.23. The highest BCUT2D eigenvalue weighted by atomic mass is 16.5. The van der Waals surface area contributed by atoms with Gasteiger partial charge in [-0.2, -0.15) is 5.26 Å². The van der Waals surface area contributed by atoms with Crippen LogP contribution < -0.4 is 10.1 Å². The molecule has 3 rings (SSSR count). The molecule has 1 fully saturated rings. The summed E-state index contributed by atoms with van der Waals surface area (Å²) in [5.74, 6) is 0.877. The molecule has 0 atom stereocenters. The van der Waals surface area contributed by atoms with Crippen LogP contribution in [0.3, 0.4) is 0 Å². The molecule has 1 aliphatic rings. The second-order valence-electron chi connectivity index (χ2n) is 6.83. The molecular weight excluding hydrogens is 342 g/mol. The highest BCUT2D eigenvalue weighted by Crippen LogP contribution is 2.29. The molecule has 0 spiro atoms. The zero-order valence-corrected chi connectivity index (χ0v) is 15.6. The first-order valence-electron chi connectivity index (χ1n) is 9.12. The highest BCUT2D eigenvalue weighted by Gasteiger charge is 2.17. The number of rotatable bonds is 5. The predicted octanol–water partition coefficient (Wildman–Crippen LogP) is 3.77. The van der Waals surface area contributed by atoms with Crippen LogP contribution in [0.4, 0.5) is 5.82 Å². The largest absolute Gasteiger partial charge is 0.489 e. The number of aromatic nitrogens is 1. The number of carbonyl (C=O) groups excluding carboxylic acids is 1. The number of amides is 1. The molecule has 1 aromatic heterocycles. The second kappa shape index (κ2) is 8.65. The maximum absolute atomic E-state index is 11.9. The fraction of sp³-hybridized carbons (Fsp3) is 0.381. The SMILES string of the molecule is CC(C)C(=O)Nc1cc(-c2ccc(OC3CCOCC3)c(C#N)c2)ccn1. The van der Waals surface area contributed by atoms with Crippen LogP contribution in [0.15, 0.2) is 36.5 Å².